The first-order valence-corrected chi connectivity index (χ1v) is 11.0. The van der Waals surface area contributed by atoms with Crippen molar-refractivity contribution in [2.75, 3.05) is 10.6 Å². The molecular weight excluding hydrogens is 394 g/mol. The number of nitro benzene ring substituents is 1. The topological polar surface area (TPSA) is 110 Å². The molecule has 8 nitrogen and oxygen atoms in total. The molecule has 0 aliphatic rings. The molecule has 0 aliphatic heterocycles. The number of nitrogens with one attached hydrogen (secondary N) is 1. The Bertz CT molecular complexity index is 989. The number of amides is 1. The van der Waals surface area contributed by atoms with E-state index in [0.717, 1.165) is 27.8 Å². The Hall–Kier alpha value is -2.94. The van der Waals surface area contributed by atoms with Crippen LogP contribution < -0.4 is 9.62 Å². The Labute approximate surface area is 170 Å². The number of hydrogen-bond donors (Lipinski definition) is 1. The van der Waals surface area contributed by atoms with Crippen LogP contribution in [0.15, 0.2) is 48.5 Å². The van der Waals surface area contributed by atoms with Crippen LogP contribution in [0.5, 0.6) is 0 Å². The smallest absolute Gasteiger partial charge is 0.271 e. The summed E-state index contributed by atoms with van der Waals surface area (Å²) in [6, 6.07) is 11.5. The van der Waals surface area contributed by atoms with E-state index in [1.54, 1.807) is 6.92 Å². The van der Waals surface area contributed by atoms with Crippen LogP contribution in [0.2, 0.25) is 0 Å². The van der Waals surface area contributed by atoms with E-state index in [4.69, 9.17) is 0 Å². The number of carbonyl (C=O) groups excluding carboxylic acids is 1. The van der Waals surface area contributed by atoms with Crippen molar-refractivity contribution in [3.63, 3.8) is 0 Å². The van der Waals surface area contributed by atoms with Gasteiger partial charge in [-0.05, 0) is 31.9 Å². The molecule has 0 fully saturated rings. The quantitative estimate of drug-likeness (QED) is 0.521. The predicted octanol–water partition coefficient (Wildman–Crippen LogP) is 3.33. The number of nitrogens with zero attached hydrogens (tertiary/aromatic N) is 2. The molecule has 156 valence electrons. The molecule has 2 aromatic rings. The van der Waals surface area contributed by atoms with E-state index in [2.05, 4.69) is 5.32 Å². The maximum Gasteiger partial charge on any atom is 0.271 e. The number of sulfonamides is 1. The Kier molecular flexibility index (Phi) is 6.97. The van der Waals surface area contributed by atoms with Crippen LogP contribution in [0, 0.1) is 17.0 Å². The molecule has 0 saturated heterocycles. The molecule has 1 N–H and O–H groups in total. The number of aryl methyl sites for hydroxylation is 1. The standard InChI is InChI=1S/C20H25N3O5S/c1-5-19(20(24)21-15(3)16-11-9-14(2)10-12-16)22(29(4,27)28)17-7-6-8-18(13-17)23(25)26/h6-13,15,19H,5H2,1-4H3,(H,21,24)/t15-,19+/m1/s1. The zero-order valence-corrected chi connectivity index (χ0v) is 17.6. The van der Waals surface area contributed by atoms with E-state index >= 15 is 0 Å². The zero-order chi connectivity index (χ0) is 21.8. The van der Waals surface area contributed by atoms with Gasteiger partial charge in [0.2, 0.25) is 15.9 Å². The number of nitro groups is 1. The lowest BCUT2D eigenvalue weighted by Gasteiger charge is -2.31. The van der Waals surface area contributed by atoms with Gasteiger partial charge in [-0.3, -0.25) is 19.2 Å². The Morgan fingerprint density at radius 1 is 1.21 bits per heavy atom. The van der Waals surface area contributed by atoms with Crippen LogP contribution in [0.4, 0.5) is 11.4 Å². The van der Waals surface area contributed by atoms with Gasteiger partial charge in [-0.25, -0.2) is 8.42 Å². The summed E-state index contributed by atoms with van der Waals surface area (Å²) in [6.07, 6.45) is 1.17. The number of hydrogen-bond acceptors (Lipinski definition) is 5. The molecule has 2 rings (SSSR count). The largest absolute Gasteiger partial charge is 0.348 e. The number of non-ortho nitro benzene ring substituents is 1. The minimum atomic E-state index is -3.87. The minimum Gasteiger partial charge on any atom is -0.348 e. The van der Waals surface area contributed by atoms with Crippen LogP contribution in [-0.2, 0) is 14.8 Å². The maximum absolute atomic E-state index is 13.0. The monoisotopic (exact) mass is 419 g/mol. The van der Waals surface area contributed by atoms with Crippen molar-refractivity contribution in [3.05, 3.63) is 69.8 Å². The molecule has 9 heteroatoms. The number of rotatable bonds is 8. The molecule has 1 amide bonds. The van der Waals surface area contributed by atoms with Crippen LogP contribution in [0.1, 0.15) is 37.4 Å². The van der Waals surface area contributed by atoms with E-state index in [1.807, 2.05) is 38.1 Å². The number of carbonyl (C=O) groups is 1. The summed E-state index contributed by atoms with van der Waals surface area (Å²) in [5.74, 6) is -0.475. The number of anilines is 1. The van der Waals surface area contributed by atoms with E-state index < -0.39 is 26.9 Å². The third-order valence-corrected chi connectivity index (χ3v) is 5.74. The second-order valence-electron chi connectivity index (χ2n) is 6.90. The first-order chi connectivity index (χ1) is 13.5. The van der Waals surface area contributed by atoms with Crippen molar-refractivity contribution in [2.24, 2.45) is 0 Å². The van der Waals surface area contributed by atoms with Gasteiger partial charge in [0, 0.05) is 12.1 Å². The van der Waals surface area contributed by atoms with Crippen molar-refractivity contribution in [3.8, 4) is 0 Å². The second kappa shape index (κ2) is 9.04. The molecule has 0 bridgehead atoms. The predicted molar refractivity (Wildman–Crippen MR) is 112 cm³/mol. The molecular formula is C20H25N3O5S. The van der Waals surface area contributed by atoms with E-state index in [-0.39, 0.29) is 23.8 Å². The van der Waals surface area contributed by atoms with Gasteiger partial charge in [-0.15, -0.1) is 0 Å². The van der Waals surface area contributed by atoms with E-state index in [1.165, 1.54) is 18.2 Å². The van der Waals surface area contributed by atoms with Crippen molar-refractivity contribution >= 4 is 27.3 Å². The highest BCUT2D eigenvalue weighted by Gasteiger charge is 2.32. The highest BCUT2D eigenvalue weighted by molar-refractivity contribution is 7.92. The van der Waals surface area contributed by atoms with Gasteiger partial charge >= 0.3 is 0 Å². The van der Waals surface area contributed by atoms with E-state index in [0.29, 0.717) is 0 Å². The Balaban J connectivity index is 2.35. The SMILES string of the molecule is CC[C@@H](C(=O)N[C@H](C)c1ccc(C)cc1)N(c1cccc([N+](=O)[O-])c1)S(C)(=O)=O. The molecule has 0 aromatic heterocycles. The summed E-state index contributed by atoms with van der Waals surface area (Å²) in [5, 5.41) is 13.9. The Morgan fingerprint density at radius 3 is 2.34 bits per heavy atom. The fraction of sp³-hybridized carbons (Fsp3) is 0.350. The molecule has 0 unspecified atom stereocenters. The maximum atomic E-state index is 13.0. The summed E-state index contributed by atoms with van der Waals surface area (Å²) in [6.45, 7) is 5.47. The molecule has 29 heavy (non-hydrogen) atoms. The lowest BCUT2D eigenvalue weighted by atomic mass is 10.1. The second-order valence-corrected chi connectivity index (χ2v) is 8.76. The molecule has 0 aliphatic carbocycles. The van der Waals surface area contributed by atoms with Gasteiger partial charge in [-0.1, -0.05) is 42.8 Å². The lowest BCUT2D eigenvalue weighted by Crippen LogP contribution is -2.49. The third kappa shape index (κ3) is 5.54. The van der Waals surface area contributed by atoms with E-state index in [9.17, 15) is 23.3 Å². The molecule has 0 heterocycles. The molecule has 2 atom stereocenters. The van der Waals surface area contributed by atoms with Crippen molar-refractivity contribution in [2.45, 2.75) is 39.3 Å². The summed E-state index contributed by atoms with van der Waals surface area (Å²) in [5.41, 5.74) is 1.80. The fourth-order valence-electron chi connectivity index (χ4n) is 3.05. The van der Waals surface area contributed by atoms with Gasteiger partial charge in [-0.2, -0.15) is 0 Å². The van der Waals surface area contributed by atoms with Crippen molar-refractivity contribution in [1.82, 2.24) is 5.32 Å². The minimum absolute atomic E-state index is 0.0756. The van der Waals surface area contributed by atoms with Crippen LogP contribution in [0.25, 0.3) is 0 Å². The van der Waals surface area contributed by atoms with Crippen molar-refractivity contribution in [1.29, 1.82) is 0 Å². The van der Waals surface area contributed by atoms with Gasteiger partial charge in [0.25, 0.3) is 5.69 Å². The highest BCUT2D eigenvalue weighted by atomic mass is 32.2. The number of benzene rings is 2. The summed E-state index contributed by atoms with van der Waals surface area (Å²) >= 11 is 0. The molecule has 0 radical (unpaired) electrons. The van der Waals surface area contributed by atoms with Gasteiger partial charge in [0.1, 0.15) is 6.04 Å². The summed E-state index contributed by atoms with van der Waals surface area (Å²) in [4.78, 5) is 23.4. The van der Waals surface area contributed by atoms with Gasteiger partial charge in [0.15, 0.2) is 0 Å². The molecule has 2 aromatic carbocycles. The van der Waals surface area contributed by atoms with Gasteiger partial charge < -0.3 is 5.32 Å². The first kappa shape index (κ1) is 22.4. The molecule has 0 spiro atoms. The van der Waals surface area contributed by atoms with Crippen molar-refractivity contribution < 1.29 is 18.1 Å². The average molecular weight is 420 g/mol. The third-order valence-electron chi connectivity index (χ3n) is 4.56. The average Bonchev–Trinajstić information content (AvgIpc) is 2.65. The van der Waals surface area contributed by atoms with Crippen LogP contribution in [-0.4, -0.2) is 31.5 Å². The zero-order valence-electron chi connectivity index (χ0n) is 16.8. The Morgan fingerprint density at radius 2 is 1.83 bits per heavy atom. The summed E-state index contributed by atoms with van der Waals surface area (Å²) < 4.78 is 25.9. The van der Waals surface area contributed by atoms with Gasteiger partial charge in [0.05, 0.1) is 22.9 Å². The summed E-state index contributed by atoms with van der Waals surface area (Å²) in [7, 11) is -3.87. The lowest BCUT2D eigenvalue weighted by molar-refractivity contribution is -0.384. The first-order valence-electron chi connectivity index (χ1n) is 9.15. The fourth-order valence-corrected chi connectivity index (χ4v) is 4.26. The van der Waals surface area contributed by atoms with Crippen LogP contribution in [0.3, 0.4) is 0 Å². The molecule has 0 saturated carbocycles. The van der Waals surface area contributed by atoms with Crippen LogP contribution >= 0.6 is 0 Å². The highest BCUT2D eigenvalue weighted by Crippen LogP contribution is 2.27. The normalized spacial score (nSPS) is 13.4.